The van der Waals surface area contributed by atoms with E-state index in [9.17, 15) is 0 Å². The molecule has 0 N–H and O–H groups in total. The summed E-state index contributed by atoms with van der Waals surface area (Å²) in [5.41, 5.74) is 3.52. The summed E-state index contributed by atoms with van der Waals surface area (Å²) in [5.74, 6) is 0. The molecule has 0 amide bonds. The number of hydrogen-bond acceptors (Lipinski definition) is 1. The van der Waals surface area contributed by atoms with Gasteiger partial charge in [0, 0.05) is 17.9 Å². The molecule has 0 aromatic carbocycles. The molecule has 1 aliphatic rings. The Labute approximate surface area is 68.7 Å². The van der Waals surface area contributed by atoms with Crippen molar-refractivity contribution in [3.8, 4) is 0 Å². The first-order chi connectivity index (χ1) is 5.11. The van der Waals surface area contributed by atoms with Crippen molar-refractivity contribution in [2.75, 3.05) is 6.54 Å². The average molecular weight is 149 g/mol. The van der Waals surface area contributed by atoms with Crippen molar-refractivity contribution in [2.45, 2.75) is 19.8 Å². The van der Waals surface area contributed by atoms with Crippen molar-refractivity contribution in [3.63, 3.8) is 0 Å². The van der Waals surface area contributed by atoms with Gasteiger partial charge in [-0.3, -0.25) is 0 Å². The molecule has 1 heteroatoms. The van der Waals surface area contributed by atoms with E-state index in [4.69, 9.17) is 0 Å². The molecule has 0 aromatic rings. The molecule has 1 nitrogen and oxygen atoms in total. The smallest absolute Gasteiger partial charge is 0.0429 e. The second kappa shape index (κ2) is 2.95. The maximum Gasteiger partial charge on any atom is 0.0429 e. The van der Waals surface area contributed by atoms with Gasteiger partial charge < -0.3 is 4.90 Å². The quantitative estimate of drug-likeness (QED) is 0.546. The maximum absolute atomic E-state index is 3.96. The summed E-state index contributed by atoms with van der Waals surface area (Å²) in [6, 6.07) is 0. The lowest BCUT2D eigenvalue weighted by Gasteiger charge is -2.20. The fourth-order valence-corrected chi connectivity index (χ4v) is 1.28. The van der Waals surface area contributed by atoms with E-state index >= 15 is 0 Å². The number of rotatable bonds is 2. The van der Waals surface area contributed by atoms with Crippen LogP contribution in [-0.4, -0.2) is 11.4 Å². The van der Waals surface area contributed by atoms with Crippen LogP contribution in [0.2, 0.25) is 0 Å². The summed E-state index contributed by atoms with van der Waals surface area (Å²) >= 11 is 0. The van der Waals surface area contributed by atoms with Crippen molar-refractivity contribution in [1.29, 1.82) is 0 Å². The lowest BCUT2D eigenvalue weighted by atomic mass is 10.3. The molecule has 1 fully saturated rings. The van der Waals surface area contributed by atoms with Crippen LogP contribution in [0.25, 0.3) is 0 Å². The highest BCUT2D eigenvalue weighted by atomic mass is 15.2. The highest BCUT2D eigenvalue weighted by Crippen LogP contribution is 2.27. The monoisotopic (exact) mass is 149 g/mol. The lowest BCUT2D eigenvalue weighted by Crippen LogP contribution is -2.16. The van der Waals surface area contributed by atoms with Gasteiger partial charge in [0.25, 0.3) is 0 Å². The van der Waals surface area contributed by atoms with E-state index in [0.717, 1.165) is 25.0 Å². The number of hydrogen-bond donors (Lipinski definition) is 0. The van der Waals surface area contributed by atoms with E-state index in [1.807, 2.05) is 6.92 Å². The zero-order valence-electron chi connectivity index (χ0n) is 7.19. The molecule has 1 rings (SSSR count). The van der Waals surface area contributed by atoms with Crippen LogP contribution in [0.3, 0.4) is 0 Å². The van der Waals surface area contributed by atoms with Gasteiger partial charge in [-0.05, 0) is 19.8 Å². The van der Waals surface area contributed by atoms with Crippen LogP contribution in [-0.2, 0) is 0 Å². The summed E-state index contributed by atoms with van der Waals surface area (Å²) in [6.45, 7) is 14.7. The second-order valence-electron chi connectivity index (χ2n) is 3.18. The Balaban J connectivity index is 2.62. The molecule has 1 saturated heterocycles. The minimum absolute atomic E-state index is 0.887. The van der Waals surface area contributed by atoms with Crippen molar-refractivity contribution in [3.05, 3.63) is 36.7 Å². The lowest BCUT2D eigenvalue weighted by molar-refractivity contribution is 0.499. The minimum atomic E-state index is 0.887. The molecule has 0 aromatic heterocycles. The average Bonchev–Trinajstić information content (AvgIpc) is 2.18. The highest BCUT2D eigenvalue weighted by molar-refractivity contribution is 5.18. The molecule has 0 bridgehead atoms. The number of likely N-dealkylation sites (tertiary alicyclic amines) is 1. The highest BCUT2D eigenvalue weighted by Gasteiger charge is 2.17. The van der Waals surface area contributed by atoms with Crippen molar-refractivity contribution in [1.82, 2.24) is 4.90 Å². The first kappa shape index (κ1) is 8.12. The van der Waals surface area contributed by atoms with Gasteiger partial charge in [0.2, 0.25) is 0 Å². The van der Waals surface area contributed by atoms with E-state index in [1.54, 1.807) is 0 Å². The van der Waals surface area contributed by atoms with Crippen LogP contribution < -0.4 is 0 Å². The van der Waals surface area contributed by atoms with Gasteiger partial charge in [-0.1, -0.05) is 25.3 Å². The van der Waals surface area contributed by atoms with E-state index in [1.165, 1.54) is 11.4 Å². The van der Waals surface area contributed by atoms with Gasteiger partial charge >= 0.3 is 0 Å². The van der Waals surface area contributed by atoms with Crippen molar-refractivity contribution in [2.24, 2.45) is 0 Å². The molecule has 1 heterocycles. The molecule has 0 unspecified atom stereocenters. The van der Waals surface area contributed by atoms with Crippen molar-refractivity contribution >= 4 is 0 Å². The Kier molecular flexibility index (Phi) is 2.18. The standard InChI is InChI=1S/C10H15N/c1-8(2)7-11-9(3)5-6-10(11)4/h1,3-7H2,2H3. The SMILES string of the molecule is C=C(C)CN1C(=C)CCC1=C. The molecule has 0 atom stereocenters. The number of nitrogens with zero attached hydrogens (tertiary/aromatic N) is 1. The fourth-order valence-electron chi connectivity index (χ4n) is 1.28. The first-order valence-electron chi connectivity index (χ1n) is 3.88. The van der Waals surface area contributed by atoms with Gasteiger partial charge in [0.1, 0.15) is 0 Å². The summed E-state index contributed by atoms with van der Waals surface area (Å²) in [6.07, 6.45) is 2.12. The Bertz CT molecular complexity index is 197. The van der Waals surface area contributed by atoms with E-state index in [0.29, 0.717) is 0 Å². The third-order valence-corrected chi connectivity index (χ3v) is 1.89. The summed E-state index contributed by atoms with van der Waals surface area (Å²) in [5, 5.41) is 0. The van der Waals surface area contributed by atoms with Gasteiger partial charge in [-0.25, -0.2) is 0 Å². The Morgan fingerprint density at radius 3 is 2.18 bits per heavy atom. The summed E-state index contributed by atoms with van der Waals surface area (Å²) in [7, 11) is 0. The largest absolute Gasteiger partial charge is 0.346 e. The molecule has 0 saturated carbocycles. The molecular weight excluding hydrogens is 134 g/mol. The molecule has 0 aliphatic carbocycles. The Hall–Kier alpha value is -0.980. The van der Waals surface area contributed by atoms with Crippen LogP contribution in [0, 0.1) is 0 Å². The molecule has 0 spiro atoms. The van der Waals surface area contributed by atoms with Crippen LogP contribution in [0.4, 0.5) is 0 Å². The van der Waals surface area contributed by atoms with E-state index < -0.39 is 0 Å². The molecular formula is C10H15N. The maximum atomic E-state index is 3.96. The normalized spacial score (nSPS) is 17.7. The van der Waals surface area contributed by atoms with Crippen molar-refractivity contribution < 1.29 is 0 Å². The zero-order valence-corrected chi connectivity index (χ0v) is 7.19. The van der Waals surface area contributed by atoms with Crippen LogP contribution in [0.1, 0.15) is 19.8 Å². The fraction of sp³-hybridized carbons (Fsp3) is 0.400. The zero-order chi connectivity index (χ0) is 8.43. The topological polar surface area (TPSA) is 3.24 Å². The predicted octanol–water partition coefficient (Wildman–Crippen LogP) is 2.69. The van der Waals surface area contributed by atoms with Gasteiger partial charge in [0.05, 0.1) is 0 Å². The molecule has 0 radical (unpaired) electrons. The minimum Gasteiger partial charge on any atom is -0.346 e. The Morgan fingerprint density at radius 2 is 1.82 bits per heavy atom. The predicted molar refractivity (Wildman–Crippen MR) is 49.0 cm³/mol. The van der Waals surface area contributed by atoms with Crippen LogP contribution >= 0.6 is 0 Å². The summed E-state index contributed by atoms with van der Waals surface area (Å²) < 4.78 is 0. The number of allylic oxidation sites excluding steroid dienone is 2. The third-order valence-electron chi connectivity index (χ3n) is 1.89. The molecule has 60 valence electrons. The second-order valence-corrected chi connectivity index (χ2v) is 3.18. The first-order valence-corrected chi connectivity index (χ1v) is 3.88. The molecule has 1 aliphatic heterocycles. The van der Waals surface area contributed by atoms with Crippen LogP contribution in [0.15, 0.2) is 36.7 Å². The molecule has 11 heavy (non-hydrogen) atoms. The van der Waals surface area contributed by atoms with Gasteiger partial charge in [-0.15, -0.1) is 0 Å². The van der Waals surface area contributed by atoms with Crippen LogP contribution in [0.5, 0.6) is 0 Å². The van der Waals surface area contributed by atoms with E-state index in [-0.39, 0.29) is 0 Å². The van der Waals surface area contributed by atoms with Gasteiger partial charge in [0.15, 0.2) is 0 Å². The third kappa shape index (κ3) is 1.73. The summed E-state index contributed by atoms with van der Waals surface area (Å²) in [4.78, 5) is 2.16. The van der Waals surface area contributed by atoms with Gasteiger partial charge in [-0.2, -0.15) is 0 Å². The Morgan fingerprint density at radius 1 is 1.36 bits per heavy atom. The van der Waals surface area contributed by atoms with E-state index in [2.05, 4.69) is 24.6 Å².